The number of nitrogens with one attached hydrogen (secondary N) is 1. The zero-order valence-electron chi connectivity index (χ0n) is 15.8. The maximum absolute atomic E-state index is 12.6. The number of nitrogens with two attached hydrogens (primary N) is 2. The summed E-state index contributed by atoms with van der Waals surface area (Å²) in [6.45, 7) is 5.88. The molecule has 2 rings (SSSR count). The highest BCUT2D eigenvalue weighted by atomic mass is 35.5. The second-order valence-electron chi connectivity index (χ2n) is 6.55. The van der Waals surface area contributed by atoms with E-state index in [1.54, 1.807) is 0 Å². The normalized spacial score (nSPS) is 11.7. The lowest BCUT2D eigenvalue weighted by molar-refractivity contribution is -0.116. The number of halogens is 1. The number of anilines is 1. The minimum Gasteiger partial charge on any atom is -0.366 e. The van der Waals surface area contributed by atoms with E-state index in [1.807, 2.05) is 32.9 Å². The van der Waals surface area contributed by atoms with Gasteiger partial charge in [0.2, 0.25) is 11.8 Å². The number of amides is 3. The number of rotatable bonds is 6. The first kappa shape index (κ1) is 21.8. The number of hydrogen-bond acceptors (Lipinski definition) is 4. The molecule has 0 aliphatic carbocycles. The third kappa shape index (κ3) is 5.50. The van der Waals surface area contributed by atoms with Crippen LogP contribution in [0.5, 0.6) is 0 Å². The Morgan fingerprint density at radius 3 is 2.18 bits per heavy atom. The summed E-state index contributed by atoms with van der Waals surface area (Å²) in [6.07, 6.45) is 0.0340. The Labute approximate surface area is 173 Å². The molecule has 0 aliphatic rings. The molecule has 0 spiro atoms. The zero-order chi connectivity index (χ0) is 21.0. The van der Waals surface area contributed by atoms with Crippen LogP contribution in [0.4, 0.5) is 10.5 Å². The van der Waals surface area contributed by atoms with Crippen LogP contribution in [0.25, 0.3) is 0 Å². The van der Waals surface area contributed by atoms with Gasteiger partial charge in [0.15, 0.2) is 0 Å². The van der Waals surface area contributed by atoms with E-state index in [1.165, 1.54) is 18.2 Å². The molecule has 8 heteroatoms. The predicted octanol–water partition coefficient (Wildman–Crippen LogP) is 4.25. The van der Waals surface area contributed by atoms with Crippen LogP contribution in [-0.4, -0.2) is 17.1 Å². The first-order valence-electron chi connectivity index (χ1n) is 8.51. The second-order valence-corrected chi connectivity index (χ2v) is 8.16. The van der Waals surface area contributed by atoms with Crippen molar-refractivity contribution in [3.63, 3.8) is 0 Å². The van der Waals surface area contributed by atoms with Gasteiger partial charge in [-0.1, -0.05) is 41.1 Å². The van der Waals surface area contributed by atoms with Crippen LogP contribution in [0.1, 0.15) is 44.3 Å². The van der Waals surface area contributed by atoms with Gasteiger partial charge >= 0.3 is 0 Å². The van der Waals surface area contributed by atoms with Gasteiger partial charge in [0.25, 0.3) is 5.24 Å². The van der Waals surface area contributed by atoms with Gasteiger partial charge in [0.05, 0.1) is 10.7 Å². The molecular weight excluding hydrogens is 398 g/mol. The molecule has 28 heavy (non-hydrogen) atoms. The highest BCUT2D eigenvalue weighted by Crippen LogP contribution is 2.37. The van der Waals surface area contributed by atoms with Crippen LogP contribution in [0.3, 0.4) is 0 Å². The van der Waals surface area contributed by atoms with Crippen LogP contribution < -0.4 is 16.8 Å². The summed E-state index contributed by atoms with van der Waals surface area (Å²) in [5.74, 6) is -0.935. The molecule has 2 aromatic carbocycles. The van der Waals surface area contributed by atoms with E-state index in [4.69, 9.17) is 23.1 Å². The second kappa shape index (κ2) is 9.12. The van der Waals surface area contributed by atoms with Gasteiger partial charge in [-0.05, 0) is 55.7 Å². The van der Waals surface area contributed by atoms with Crippen LogP contribution in [0, 0.1) is 20.8 Å². The third-order valence-electron chi connectivity index (χ3n) is 4.22. The SMILES string of the molecule is Cc1cc(C)c(C(CC(=O)Nc2ccc(C(N)=O)cc2Cl)SC(N)=O)c(C)c1. The molecular formula is C20H22ClN3O3S. The molecule has 148 valence electrons. The molecule has 3 amide bonds. The van der Waals surface area contributed by atoms with Crippen molar-refractivity contribution in [1.82, 2.24) is 0 Å². The van der Waals surface area contributed by atoms with Gasteiger partial charge < -0.3 is 16.8 Å². The molecule has 0 fully saturated rings. The van der Waals surface area contributed by atoms with Crippen LogP contribution >= 0.6 is 23.4 Å². The number of aryl methyl sites for hydroxylation is 3. The molecule has 0 bridgehead atoms. The van der Waals surface area contributed by atoms with Gasteiger partial charge in [-0.2, -0.15) is 0 Å². The molecule has 1 unspecified atom stereocenters. The number of hydrogen-bond donors (Lipinski definition) is 3. The van der Waals surface area contributed by atoms with E-state index in [0.717, 1.165) is 34.0 Å². The summed E-state index contributed by atoms with van der Waals surface area (Å²) in [7, 11) is 0. The monoisotopic (exact) mass is 419 g/mol. The summed E-state index contributed by atoms with van der Waals surface area (Å²) in [5.41, 5.74) is 15.2. The molecule has 0 aromatic heterocycles. The van der Waals surface area contributed by atoms with Crippen molar-refractivity contribution in [1.29, 1.82) is 0 Å². The summed E-state index contributed by atoms with van der Waals surface area (Å²) < 4.78 is 0. The minimum absolute atomic E-state index is 0.0340. The van der Waals surface area contributed by atoms with Crippen molar-refractivity contribution in [3.05, 3.63) is 63.2 Å². The standard InChI is InChI=1S/C20H22ClN3O3S/c1-10-6-11(2)18(12(3)7-10)16(28-20(23)27)9-17(25)24-15-5-4-13(19(22)26)8-14(15)21/h4-8,16H,9H2,1-3H3,(H2,22,26)(H2,23,27)(H,24,25). The lowest BCUT2D eigenvalue weighted by atomic mass is 9.95. The van der Waals surface area contributed by atoms with Gasteiger partial charge in [-0.15, -0.1) is 0 Å². The summed E-state index contributed by atoms with van der Waals surface area (Å²) >= 11 is 7.04. The van der Waals surface area contributed by atoms with Gasteiger partial charge in [-0.25, -0.2) is 0 Å². The zero-order valence-corrected chi connectivity index (χ0v) is 17.4. The van der Waals surface area contributed by atoms with E-state index in [-0.39, 0.29) is 22.9 Å². The fourth-order valence-corrected chi connectivity index (χ4v) is 4.41. The van der Waals surface area contributed by atoms with E-state index in [2.05, 4.69) is 5.32 Å². The number of carbonyl (C=O) groups excluding carboxylic acids is 3. The Kier molecular flexibility index (Phi) is 7.10. The molecule has 2 aromatic rings. The van der Waals surface area contributed by atoms with Crippen LogP contribution in [-0.2, 0) is 4.79 Å². The maximum atomic E-state index is 12.6. The predicted molar refractivity (Wildman–Crippen MR) is 114 cm³/mol. The van der Waals surface area contributed by atoms with Gasteiger partial charge in [0.1, 0.15) is 0 Å². The quantitative estimate of drug-likeness (QED) is 0.649. The van der Waals surface area contributed by atoms with Gasteiger partial charge in [-0.3, -0.25) is 14.4 Å². The van der Waals surface area contributed by atoms with Crippen LogP contribution in [0.15, 0.2) is 30.3 Å². The van der Waals surface area contributed by atoms with E-state index >= 15 is 0 Å². The molecule has 5 N–H and O–H groups in total. The van der Waals surface area contributed by atoms with E-state index in [9.17, 15) is 14.4 Å². The Morgan fingerprint density at radius 1 is 1.07 bits per heavy atom. The highest BCUT2D eigenvalue weighted by Gasteiger charge is 2.23. The molecule has 0 saturated heterocycles. The van der Waals surface area contributed by atoms with Crippen molar-refractivity contribution >= 4 is 46.1 Å². The Morgan fingerprint density at radius 2 is 1.68 bits per heavy atom. The molecule has 6 nitrogen and oxygen atoms in total. The lowest BCUT2D eigenvalue weighted by Crippen LogP contribution is -2.18. The summed E-state index contributed by atoms with van der Waals surface area (Å²) in [5, 5.41) is 1.93. The smallest absolute Gasteiger partial charge is 0.277 e. The minimum atomic E-state index is -0.608. The average molecular weight is 420 g/mol. The number of benzene rings is 2. The van der Waals surface area contributed by atoms with Crippen molar-refractivity contribution in [2.75, 3.05) is 5.32 Å². The Hall–Kier alpha value is -2.51. The van der Waals surface area contributed by atoms with Crippen molar-refractivity contribution in [2.24, 2.45) is 11.5 Å². The highest BCUT2D eigenvalue weighted by molar-refractivity contribution is 8.13. The van der Waals surface area contributed by atoms with Crippen LogP contribution in [0.2, 0.25) is 5.02 Å². The first-order valence-corrected chi connectivity index (χ1v) is 9.77. The first-order chi connectivity index (χ1) is 13.1. The van der Waals surface area contributed by atoms with Gasteiger partial charge in [0, 0.05) is 17.2 Å². The summed E-state index contributed by atoms with van der Waals surface area (Å²) in [4.78, 5) is 35.4. The fraction of sp³-hybridized carbons (Fsp3) is 0.250. The van der Waals surface area contributed by atoms with E-state index < -0.39 is 16.4 Å². The molecule has 1 atom stereocenters. The topological polar surface area (TPSA) is 115 Å². The largest absolute Gasteiger partial charge is 0.366 e. The third-order valence-corrected chi connectivity index (χ3v) is 5.45. The molecule has 0 aliphatic heterocycles. The van der Waals surface area contributed by atoms with Crippen molar-refractivity contribution in [2.45, 2.75) is 32.4 Å². The number of thioether (sulfide) groups is 1. The van der Waals surface area contributed by atoms with Crippen molar-refractivity contribution < 1.29 is 14.4 Å². The number of carbonyl (C=O) groups is 3. The molecule has 0 saturated carbocycles. The Balaban J connectivity index is 2.25. The number of primary amides is 2. The summed E-state index contributed by atoms with van der Waals surface area (Å²) in [6, 6.07) is 8.40. The average Bonchev–Trinajstić information content (AvgIpc) is 2.54. The maximum Gasteiger partial charge on any atom is 0.277 e. The molecule has 0 radical (unpaired) electrons. The van der Waals surface area contributed by atoms with E-state index in [0.29, 0.717) is 5.69 Å². The Bertz CT molecular complexity index is 923. The fourth-order valence-electron chi connectivity index (χ4n) is 3.18. The van der Waals surface area contributed by atoms with Crippen molar-refractivity contribution in [3.8, 4) is 0 Å². The molecule has 0 heterocycles. The lowest BCUT2D eigenvalue weighted by Gasteiger charge is -2.20.